The van der Waals surface area contributed by atoms with Crippen molar-refractivity contribution < 1.29 is 23.1 Å². The summed E-state index contributed by atoms with van der Waals surface area (Å²) in [6, 6.07) is 15.3. The first-order valence-corrected chi connectivity index (χ1v) is 13.1. The fraction of sp³-hybridized carbons (Fsp3) is 0.167. The van der Waals surface area contributed by atoms with Crippen LogP contribution in [0.2, 0.25) is 0 Å². The van der Waals surface area contributed by atoms with Gasteiger partial charge in [0.2, 0.25) is 17.7 Å². The van der Waals surface area contributed by atoms with Gasteiger partial charge in [0.05, 0.1) is 30.0 Å². The topological polar surface area (TPSA) is 128 Å². The van der Waals surface area contributed by atoms with Crippen molar-refractivity contribution in [2.45, 2.75) is 13.0 Å². The molecule has 5 aromatic rings. The second kappa shape index (κ2) is 11.2. The molecular weight excluding hydrogens is 541 g/mol. The summed E-state index contributed by atoms with van der Waals surface area (Å²) in [6.45, 7) is 6.33. The Morgan fingerprint density at radius 2 is 1.93 bits per heavy atom. The van der Waals surface area contributed by atoms with Gasteiger partial charge in [0.1, 0.15) is 35.2 Å². The predicted molar refractivity (Wildman–Crippen MR) is 155 cm³/mol. The highest BCUT2D eigenvalue weighted by Crippen LogP contribution is 2.35. The molecule has 2 N–H and O–H groups in total. The van der Waals surface area contributed by atoms with Gasteiger partial charge >= 0.3 is 0 Å². The first-order valence-electron chi connectivity index (χ1n) is 13.1. The third-order valence-corrected chi connectivity index (χ3v) is 6.72. The van der Waals surface area contributed by atoms with E-state index in [-0.39, 0.29) is 17.6 Å². The van der Waals surface area contributed by atoms with Crippen molar-refractivity contribution in [2.75, 3.05) is 30.8 Å². The first kappa shape index (κ1) is 26.7. The zero-order valence-electron chi connectivity index (χ0n) is 22.8. The Hall–Kier alpha value is -5.52. The number of hydrogen-bond donors (Lipinski definition) is 2. The minimum absolute atomic E-state index is 0.0445. The molecule has 0 aliphatic carbocycles. The molecule has 0 saturated carbocycles. The van der Waals surface area contributed by atoms with Crippen LogP contribution >= 0.6 is 0 Å². The molecule has 0 radical (unpaired) electrons. The lowest BCUT2D eigenvalue weighted by Crippen LogP contribution is -2.56. The molecule has 1 amide bonds. The predicted octanol–water partition coefficient (Wildman–Crippen LogP) is 5.48. The molecule has 0 spiro atoms. The molecule has 1 fully saturated rings. The number of rotatable bonds is 9. The third-order valence-electron chi connectivity index (χ3n) is 6.72. The standard InChI is InChI=1S/C30H26FN7O4/c1-4-28(39)38-14-19(15-38)34-26-12-22-25(13-27(26)40-3)32-16-33-29(22)35-24-9-8-21(11-23(24)31)42-20-7-5-6-18(10-20)30-37-36-17(2)41-30/h4-13,16,19,34H,1,14-15H2,2-3H3,(H,32,33,35). The minimum Gasteiger partial charge on any atom is -0.495 e. The van der Waals surface area contributed by atoms with Crippen LogP contribution in [0.3, 0.4) is 0 Å². The van der Waals surface area contributed by atoms with Gasteiger partial charge in [-0.15, -0.1) is 10.2 Å². The number of fused-ring (bicyclic) bond motifs is 1. The number of aryl methyl sites for hydroxylation is 1. The lowest BCUT2D eigenvalue weighted by molar-refractivity contribution is -0.129. The minimum atomic E-state index is -0.531. The molecule has 0 atom stereocenters. The molecule has 3 aromatic carbocycles. The maximum atomic E-state index is 15.2. The van der Waals surface area contributed by atoms with Crippen LogP contribution in [0, 0.1) is 12.7 Å². The van der Waals surface area contributed by atoms with Gasteiger partial charge in [-0.25, -0.2) is 14.4 Å². The molecule has 1 aliphatic heterocycles. The number of nitrogens with one attached hydrogen (secondary N) is 2. The van der Waals surface area contributed by atoms with E-state index < -0.39 is 5.82 Å². The van der Waals surface area contributed by atoms with E-state index in [0.717, 1.165) is 0 Å². The SMILES string of the molecule is C=CC(=O)N1CC(Nc2cc3c(Nc4ccc(Oc5cccc(-c6nnc(C)o6)c5)cc4F)ncnc3cc2OC)C1. The van der Waals surface area contributed by atoms with Crippen molar-refractivity contribution in [1.29, 1.82) is 0 Å². The van der Waals surface area contributed by atoms with E-state index in [1.165, 1.54) is 18.5 Å². The number of nitrogens with zero attached hydrogens (tertiary/aromatic N) is 5. The molecule has 1 aliphatic rings. The van der Waals surface area contributed by atoms with Crippen LogP contribution < -0.4 is 20.1 Å². The van der Waals surface area contributed by atoms with Crippen molar-refractivity contribution in [1.82, 2.24) is 25.1 Å². The van der Waals surface area contributed by atoms with Crippen molar-refractivity contribution in [3.63, 3.8) is 0 Å². The van der Waals surface area contributed by atoms with Crippen LogP contribution in [0.15, 0.2) is 78.0 Å². The average molecular weight is 568 g/mol. The maximum absolute atomic E-state index is 15.2. The van der Waals surface area contributed by atoms with Gasteiger partial charge in [0, 0.05) is 43.1 Å². The Morgan fingerprint density at radius 1 is 1.10 bits per heavy atom. The number of amides is 1. The van der Waals surface area contributed by atoms with Crippen molar-refractivity contribution in [2.24, 2.45) is 0 Å². The molecule has 0 unspecified atom stereocenters. The quantitative estimate of drug-likeness (QED) is 0.221. The molecule has 0 bridgehead atoms. The monoisotopic (exact) mass is 567 g/mol. The Bertz CT molecular complexity index is 1800. The lowest BCUT2D eigenvalue weighted by Gasteiger charge is -2.39. The molecule has 12 heteroatoms. The number of benzene rings is 3. The Balaban J connectivity index is 1.21. The molecule has 42 heavy (non-hydrogen) atoms. The largest absolute Gasteiger partial charge is 0.495 e. The lowest BCUT2D eigenvalue weighted by atomic mass is 10.1. The van der Waals surface area contributed by atoms with E-state index >= 15 is 4.39 Å². The van der Waals surface area contributed by atoms with Crippen LogP contribution in [0.25, 0.3) is 22.4 Å². The number of carbonyl (C=O) groups is 1. The van der Waals surface area contributed by atoms with Gasteiger partial charge in [-0.3, -0.25) is 4.79 Å². The number of carbonyl (C=O) groups excluding carboxylic acids is 1. The number of aromatic nitrogens is 4. The normalized spacial score (nSPS) is 13.0. The van der Waals surface area contributed by atoms with Crippen molar-refractivity contribution >= 4 is 34.0 Å². The third kappa shape index (κ3) is 5.42. The number of methoxy groups -OCH3 is 1. The summed E-state index contributed by atoms with van der Waals surface area (Å²) < 4.78 is 32.2. The van der Waals surface area contributed by atoms with Gasteiger partial charge in [-0.2, -0.15) is 0 Å². The van der Waals surface area contributed by atoms with E-state index in [1.54, 1.807) is 55.3 Å². The van der Waals surface area contributed by atoms with Gasteiger partial charge in [-0.05, 0) is 42.5 Å². The van der Waals surface area contributed by atoms with E-state index in [0.29, 0.717) is 70.1 Å². The fourth-order valence-electron chi connectivity index (χ4n) is 4.59. The van der Waals surface area contributed by atoms with E-state index in [1.807, 2.05) is 12.1 Å². The second-order valence-electron chi connectivity index (χ2n) is 9.60. The smallest absolute Gasteiger partial charge is 0.247 e. The summed E-state index contributed by atoms with van der Waals surface area (Å²) >= 11 is 0. The Morgan fingerprint density at radius 3 is 2.67 bits per heavy atom. The van der Waals surface area contributed by atoms with Gasteiger partial charge < -0.3 is 29.4 Å². The molecular formula is C30H26FN7O4. The van der Waals surface area contributed by atoms with Gasteiger partial charge in [0.25, 0.3) is 0 Å². The zero-order chi connectivity index (χ0) is 29.2. The number of anilines is 3. The molecule has 212 valence electrons. The molecule has 1 saturated heterocycles. The summed E-state index contributed by atoms with van der Waals surface area (Å²) in [5.74, 6) is 1.99. The molecule has 2 aromatic heterocycles. The highest BCUT2D eigenvalue weighted by Gasteiger charge is 2.30. The Kier molecular flexibility index (Phi) is 7.09. The number of hydrogen-bond acceptors (Lipinski definition) is 10. The number of halogens is 1. The number of ether oxygens (including phenoxy) is 2. The van der Waals surface area contributed by atoms with Crippen molar-refractivity contribution in [3.8, 4) is 28.7 Å². The van der Waals surface area contributed by atoms with Crippen LogP contribution in [0.4, 0.5) is 21.6 Å². The van der Waals surface area contributed by atoms with E-state index in [9.17, 15) is 4.79 Å². The first-order chi connectivity index (χ1) is 20.4. The second-order valence-corrected chi connectivity index (χ2v) is 9.60. The maximum Gasteiger partial charge on any atom is 0.247 e. The summed E-state index contributed by atoms with van der Waals surface area (Å²) in [6.07, 6.45) is 2.70. The molecule has 3 heterocycles. The van der Waals surface area contributed by atoms with Crippen LogP contribution in [0.5, 0.6) is 17.2 Å². The van der Waals surface area contributed by atoms with Crippen LogP contribution in [-0.4, -0.2) is 57.2 Å². The van der Waals surface area contributed by atoms with Crippen LogP contribution in [0.1, 0.15) is 5.89 Å². The van der Waals surface area contributed by atoms with E-state index in [2.05, 4.69) is 37.4 Å². The molecule has 6 rings (SSSR count). The van der Waals surface area contributed by atoms with Gasteiger partial charge in [0.15, 0.2) is 0 Å². The Labute approximate surface area is 240 Å². The van der Waals surface area contributed by atoms with E-state index in [4.69, 9.17) is 13.9 Å². The summed E-state index contributed by atoms with van der Waals surface area (Å²) in [5, 5.41) is 15.0. The summed E-state index contributed by atoms with van der Waals surface area (Å²) in [4.78, 5) is 22.2. The summed E-state index contributed by atoms with van der Waals surface area (Å²) in [7, 11) is 1.57. The van der Waals surface area contributed by atoms with Crippen molar-refractivity contribution in [3.05, 3.63) is 85.3 Å². The fourth-order valence-corrected chi connectivity index (χ4v) is 4.59. The number of likely N-dealkylation sites (tertiary alicyclic amines) is 1. The summed E-state index contributed by atoms with van der Waals surface area (Å²) in [5.41, 5.74) is 2.22. The van der Waals surface area contributed by atoms with Crippen LogP contribution in [-0.2, 0) is 4.79 Å². The highest BCUT2D eigenvalue weighted by molar-refractivity contribution is 5.95. The highest BCUT2D eigenvalue weighted by atomic mass is 19.1. The zero-order valence-corrected chi connectivity index (χ0v) is 22.8. The molecule has 11 nitrogen and oxygen atoms in total. The average Bonchev–Trinajstić information content (AvgIpc) is 3.42. The van der Waals surface area contributed by atoms with Gasteiger partial charge in [-0.1, -0.05) is 12.6 Å².